The van der Waals surface area contributed by atoms with Crippen molar-refractivity contribution in [2.75, 3.05) is 45.3 Å². The Morgan fingerprint density at radius 1 is 0.475 bits per heavy atom. The van der Waals surface area contributed by atoms with Crippen molar-refractivity contribution in [1.29, 1.82) is 0 Å². The van der Waals surface area contributed by atoms with Crippen molar-refractivity contribution < 1.29 is 19.1 Å². The van der Waals surface area contributed by atoms with E-state index in [1.165, 1.54) is 193 Å². The van der Waals surface area contributed by atoms with Gasteiger partial charge in [0.15, 0.2) is 0 Å². The highest BCUT2D eigenvalue weighted by molar-refractivity contribution is 7.99. The van der Waals surface area contributed by atoms with Crippen molar-refractivity contribution in [3.8, 4) is 0 Å². The smallest absolute Gasteiger partial charge is 0.306 e. The lowest BCUT2D eigenvalue weighted by molar-refractivity contribution is -0.143. The fourth-order valence-corrected chi connectivity index (χ4v) is 9.18. The van der Waals surface area contributed by atoms with Gasteiger partial charge in [-0.2, -0.15) is 11.8 Å². The maximum absolute atomic E-state index is 13.8. The van der Waals surface area contributed by atoms with Gasteiger partial charge in [0.2, 0.25) is 11.8 Å². The number of carbonyl (C=O) groups is 3. The molecule has 2 N–H and O–H groups in total. The third-order valence-electron chi connectivity index (χ3n) is 12.4. The maximum atomic E-state index is 13.8. The second-order valence-corrected chi connectivity index (χ2v) is 20.0. The van der Waals surface area contributed by atoms with Gasteiger partial charge < -0.3 is 20.3 Å². The second-order valence-electron chi connectivity index (χ2n) is 18.8. The number of nitrogens with one attached hydrogen (secondary N) is 2. The number of esters is 1. The van der Waals surface area contributed by atoms with E-state index in [9.17, 15) is 14.4 Å². The van der Waals surface area contributed by atoms with Gasteiger partial charge in [-0.25, -0.2) is 0 Å². The van der Waals surface area contributed by atoms with E-state index in [-0.39, 0.29) is 23.7 Å². The zero-order valence-corrected chi connectivity index (χ0v) is 42.4. The third-order valence-corrected chi connectivity index (χ3v) is 13.5. The number of unbranched alkanes of at least 4 members (excludes halogenated alkanes) is 31. The Bertz CT molecular complexity index is 950. The molecule has 7 nitrogen and oxygen atoms in total. The number of rotatable bonds is 49. The summed E-state index contributed by atoms with van der Waals surface area (Å²) in [5, 5.41) is 6.26. The van der Waals surface area contributed by atoms with Crippen LogP contribution in [0, 0.1) is 5.92 Å². The van der Waals surface area contributed by atoms with E-state index in [4.69, 9.17) is 4.74 Å². The van der Waals surface area contributed by atoms with Crippen LogP contribution in [0.3, 0.4) is 0 Å². The van der Waals surface area contributed by atoms with E-state index in [1.54, 1.807) is 11.8 Å². The van der Waals surface area contributed by atoms with Gasteiger partial charge in [-0.1, -0.05) is 233 Å². The summed E-state index contributed by atoms with van der Waals surface area (Å²) in [5.74, 6) is 1.15. The van der Waals surface area contributed by atoms with Crippen LogP contribution in [0.15, 0.2) is 0 Å². The highest BCUT2D eigenvalue weighted by atomic mass is 32.2. The van der Waals surface area contributed by atoms with E-state index in [2.05, 4.69) is 31.4 Å². The molecule has 0 aliphatic carbocycles. The Morgan fingerprint density at radius 2 is 0.852 bits per heavy atom. The molecule has 0 heterocycles. The highest BCUT2D eigenvalue weighted by Crippen LogP contribution is 2.21. The molecule has 0 saturated carbocycles. The van der Waals surface area contributed by atoms with Gasteiger partial charge in [-0.05, 0) is 45.5 Å². The predicted octanol–water partition coefficient (Wildman–Crippen LogP) is 14.9. The van der Waals surface area contributed by atoms with Crippen LogP contribution < -0.4 is 10.6 Å². The Labute approximate surface area is 384 Å². The molecule has 2 unspecified atom stereocenters. The van der Waals surface area contributed by atoms with Gasteiger partial charge in [0.1, 0.15) is 6.04 Å². The largest absolute Gasteiger partial charge is 0.466 e. The fourth-order valence-electron chi connectivity index (χ4n) is 8.26. The quantitative estimate of drug-likeness (QED) is 0.0468. The van der Waals surface area contributed by atoms with Crippen LogP contribution in [0.2, 0.25) is 0 Å². The Morgan fingerprint density at radius 3 is 1.25 bits per heavy atom. The van der Waals surface area contributed by atoms with Crippen LogP contribution in [0.5, 0.6) is 0 Å². The van der Waals surface area contributed by atoms with Crippen molar-refractivity contribution in [3.05, 3.63) is 0 Å². The van der Waals surface area contributed by atoms with E-state index in [0.717, 1.165) is 45.1 Å². The van der Waals surface area contributed by atoms with Crippen molar-refractivity contribution in [2.24, 2.45) is 5.92 Å². The normalized spacial score (nSPS) is 12.5. The van der Waals surface area contributed by atoms with Gasteiger partial charge >= 0.3 is 5.97 Å². The topological polar surface area (TPSA) is 87.7 Å². The summed E-state index contributed by atoms with van der Waals surface area (Å²) in [6, 6.07) is -0.557. The van der Waals surface area contributed by atoms with Crippen LogP contribution >= 0.6 is 11.8 Å². The molecule has 0 aliphatic rings. The van der Waals surface area contributed by atoms with Crippen molar-refractivity contribution in [1.82, 2.24) is 15.5 Å². The SMILES string of the molecule is CCCCCCCCCCCCCCCCCCCCCCOC(=O)CCSCCC(NC(=O)C(CCCCCCCC)CCCCCCCCCC)C(=O)NCCN(C)C. The van der Waals surface area contributed by atoms with Gasteiger partial charge in [0.05, 0.1) is 13.0 Å². The van der Waals surface area contributed by atoms with Crippen molar-refractivity contribution in [3.63, 3.8) is 0 Å². The van der Waals surface area contributed by atoms with E-state index in [1.807, 2.05) is 19.0 Å². The van der Waals surface area contributed by atoms with E-state index in [0.29, 0.717) is 37.5 Å². The van der Waals surface area contributed by atoms with Crippen LogP contribution in [-0.4, -0.2) is 74.0 Å². The number of hydrogen-bond acceptors (Lipinski definition) is 6. The summed E-state index contributed by atoms with van der Waals surface area (Å²) in [5.41, 5.74) is 0. The van der Waals surface area contributed by atoms with E-state index >= 15 is 0 Å². The van der Waals surface area contributed by atoms with Crippen LogP contribution in [-0.2, 0) is 19.1 Å². The average Bonchev–Trinajstić information content (AvgIpc) is 3.24. The van der Waals surface area contributed by atoms with Gasteiger partial charge in [-0.15, -0.1) is 0 Å². The number of ether oxygens (including phenoxy) is 1. The summed E-state index contributed by atoms with van der Waals surface area (Å²) in [7, 11) is 3.99. The molecule has 0 spiro atoms. The number of likely N-dealkylation sites (N-methyl/N-ethyl adjacent to an activating group) is 1. The van der Waals surface area contributed by atoms with Crippen LogP contribution in [0.25, 0.3) is 0 Å². The molecule has 8 heteroatoms. The maximum Gasteiger partial charge on any atom is 0.306 e. The van der Waals surface area contributed by atoms with Gasteiger partial charge in [0, 0.05) is 24.8 Å². The highest BCUT2D eigenvalue weighted by Gasteiger charge is 2.25. The van der Waals surface area contributed by atoms with Crippen LogP contribution in [0.4, 0.5) is 0 Å². The van der Waals surface area contributed by atoms with Gasteiger partial charge in [0.25, 0.3) is 0 Å². The number of amides is 2. The first kappa shape index (κ1) is 59.7. The Hall–Kier alpha value is -1.28. The van der Waals surface area contributed by atoms with Gasteiger partial charge in [-0.3, -0.25) is 14.4 Å². The molecule has 2 atom stereocenters. The fraction of sp³-hybridized carbons (Fsp3) is 0.943. The minimum Gasteiger partial charge on any atom is -0.466 e. The second kappa shape index (κ2) is 48.2. The monoisotopic (exact) mass is 880 g/mol. The molecule has 0 aromatic heterocycles. The summed E-state index contributed by atoms with van der Waals surface area (Å²) in [6.07, 6.45) is 47.2. The first-order valence-electron chi connectivity index (χ1n) is 26.8. The zero-order chi connectivity index (χ0) is 44.7. The molecule has 0 bridgehead atoms. The molecular formula is C53H105N3O4S. The summed E-state index contributed by atoms with van der Waals surface area (Å²) in [6.45, 7) is 8.61. The molecule has 0 aromatic carbocycles. The molecule has 2 amide bonds. The molecule has 61 heavy (non-hydrogen) atoms. The predicted molar refractivity (Wildman–Crippen MR) is 268 cm³/mol. The first-order valence-corrected chi connectivity index (χ1v) is 28.0. The molecule has 362 valence electrons. The standard InChI is InChI=1S/C53H105N3O4S/c1-6-9-12-15-18-20-21-22-23-24-25-26-27-28-29-30-31-33-36-39-46-60-51(57)43-48-61-47-42-50(53(59)54-44-45-56(4)5)55-52(58)49(40-37-34-17-14-11-8-3)41-38-35-32-19-16-13-10-7-2/h49-50H,6-48H2,1-5H3,(H,54,59)(H,55,58). The molecule has 0 saturated heterocycles. The lowest BCUT2D eigenvalue weighted by atomic mass is 9.93. The Balaban J connectivity index is 4.35. The lowest BCUT2D eigenvalue weighted by Crippen LogP contribution is -2.49. The number of carbonyl (C=O) groups excluding carboxylic acids is 3. The number of thioether (sulfide) groups is 1. The summed E-state index contributed by atoms with van der Waals surface area (Å²) in [4.78, 5) is 41.6. The van der Waals surface area contributed by atoms with Crippen LogP contribution in [0.1, 0.15) is 265 Å². The zero-order valence-electron chi connectivity index (χ0n) is 41.5. The number of hydrogen-bond donors (Lipinski definition) is 2. The summed E-state index contributed by atoms with van der Waals surface area (Å²) >= 11 is 1.67. The van der Waals surface area contributed by atoms with Crippen molar-refractivity contribution >= 4 is 29.5 Å². The Kier molecular flexibility index (Phi) is 47.2. The first-order chi connectivity index (χ1) is 29.8. The molecular weight excluding hydrogens is 775 g/mol. The molecule has 0 aliphatic heterocycles. The third kappa shape index (κ3) is 43.7. The number of nitrogens with zero attached hydrogens (tertiary/aromatic N) is 1. The molecule has 0 aromatic rings. The molecule has 0 rings (SSSR count). The lowest BCUT2D eigenvalue weighted by Gasteiger charge is -2.23. The molecule has 0 fully saturated rings. The van der Waals surface area contributed by atoms with Crippen molar-refractivity contribution in [2.45, 2.75) is 271 Å². The molecule has 0 radical (unpaired) electrons. The summed E-state index contributed by atoms with van der Waals surface area (Å²) < 4.78 is 5.54. The van der Waals surface area contributed by atoms with E-state index < -0.39 is 6.04 Å². The minimum atomic E-state index is -0.557. The average molecular weight is 881 g/mol. The minimum absolute atomic E-state index is 0.0375.